The molecule has 0 spiro atoms. The molecular formula is C15H19Br2NO5. The van der Waals surface area contributed by atoms with Crippen LogP contribution in [0.2, 0.25) is 0 Å². The molecule has 0 amide bonds. The predicted octanol–water partition coefficient (Wildman–Crippen LogP) is 3.15. The maximum Gasteiger partial charge on any atom is 0.325 e. The van der Waals surface area contributed by atoms with Crippen LogP contribution in [0.4, 0.5) is 5.69 Å². The molecule has 8 heteroatoms. The number of anilines is 1. The molecule has 0 atom stereocenters. The summed E-state index contributed by atoms with van der Waals surface area (Å²) in [5.74, 6) is -0.211. The van der Waals surface area contributed by atoms with Gasteiger partial charge in [0.25, 0.3) is 0 Å². The minimum Gasteiger partial charge on any atom is -0.497 e. The highest BCUT2D eigenvalue weighted by molar-refractivity contribution is 9.11. The molecule has 1 rings (SSSR count). The van der Waals surface area contributed by atoms with Gasteiger partial charge in [-0.3, -0.25) is 9.59 Å². The van der Waals surface area contributed by atoms with Crippen LogP contribution in [0.25, 0.3) is 0 Å². The van der Waals surface area contributed by atoms with Crippen molar-refractivity contribution in [2.75, 3.05) is 38.3 Å². The van der Waals surface area contributed by atoms with Crippen molar-refractivity contribution in [3.8, 4) is 5.75 Å². The van der Waals surface area contributed by atoms with Crippen molar-refractivity contribution in [1.29, 1.82) is 0 Å². The van der Waals surface area contributed by atoms with Gasteiger partial charge < -0.3 is 19.1 Å². The number of methoxy groups -OCH3 is 1. The van der Waals surface area contributed by atoms with Crippen LogP contribution >= 0.6 is 31.9 Å². The lowest BCUT2D eigenvalue weighted by molar-refractivity contribution is -0.142. The quantitative estimate of drug-likeness (QED) is 0.564. The Morgan fingerprint density at radius 2 is 1.43 bits per heavy atom. The van der Waals surface area contributed by atoms with E-state index in [0.717, 1.165) is 0 Å². The number of ether oxygens (including phenoxy) is 3. The molecule has 0 fully saturated rings. The van der Waals surface area contributed by atoms with Gasteiger partial charge in [-0.25, -0.2) is 0 Å². The molecule has 6 nitrogen and oxygen atoms in total. The van der Waals surface area contributed by atoms with Crippen molar-refractivity contribution < 1.29 is 23.8 Å². The van der Waals surface area contributed by atoms with E-state index in [4.69, 9.17) is 14.2 Å². The van der Waals surface area contributed by atoms with Gasteiger partial charge in [-0.2, -0.15) is 0 Å². The van der Waals surface area contributed by atoms with E-state index in [1.54, 1.807) is 38.0 Å². The highest BCUT2D eigenvalue weighted by atomic mass is 79.9. The van der Waals surface area contributed by atoms with E-state index in [-0.39, 0.29) is 26.3 Å². The first-order valence-electron chi connectivity index (χ1n) is 7.02. The van der Waals surface area contributed by atoms with Gasteiger partial charge >= 0.3 is 11.9 Å². The van der Waals surface area contributed by atoms with E-state index >= 15 is 0 Å². The van der Waals surface area contributed by atoms with E-state index in [1.165, 1.54) is 0 Å². The minimum atomic E-state index is -0.425. The molecule has 0 unspecified atom stereocenters. The summed E-state index contributed by atoms with van der Waals surface area (Å²) in [5.41, 5.74) is 0.645. The molecule has 0 aromatic heterocycles. The third kappa shape index (κ3) is 6.02. The number of hydrogen-bond donors (Lipinski definition) is 0. The van der Waals surface area contributed by atoms with E-state index in [0.29, 0.717) is 20.4 Å². The fourth-order valence-corrected chi connectivity index (χ4v) is 3.55. The second kappa shape index (κ2) is 9.77. The van der Waals surface area contributed by atoms with Crippen LogP contribution in [-0.4, -0.2) is 45.4 Å². The van der Waals surface area contributed by atoms with Crippen LogP contribution in [0.5, 0.6) is 5.75 Å². The first-order chi connectivity index (χ1) is 10.9. The number of nitrogens with zero attached hydrogens (tertiary/aromatic N) is 1. The number of benzene rings is 1. The lowest BCUT2D eigenvalue weighted by Gasteiger charge is -2.25. The van der Waals surface area contributed by atoms with E-state index in [9.17, 15) is 9.59 Å². The SMILES string of the molecule is CCOC(=O)CN(CC(=O)OCC)c1c(Br)cc(OC)cc1Br. The minimum absolute atomic E-state index is 0.0732. The molecular weight excluding hydrogens is 434 g/mol. The lowest BCUT2D eigenvalue weighted by atomic mass is 10.2. The van der Waals surface area contributed by atoms with Crippen LogP contribution in [0.15, 0.2) is 21.1 Å². The van der Waals surface area contributed by atoms with Crippen LogP contribution < -0.4 is 9.64 Å². The summed E-state index contributed by atoms with van der Waals surface area (Å²) in [6, 6.07) is 3.51. The third-order valence-electron chi connectivity index (χ3n) is 2.79. The van der Waals surface area contributed by atoms with Gasteiger partial charge in [-0.15, -0.1) is 0 Å². The Balaban J connectivity index is 3.12. The Labute approximate surface area is 152 Å². The third-order valence-corrected chi connectivity index (χ3v) is 4.00. The molecule has 0 bridgehead atoms. The number of esters is 2. The van der Waals surface area contributed by atoms with Crippen molar-refractivity contribution in [2.24, 2.45) is 0 Å². The van der Waals surface area contributed by atoms with Gasteiger partial charge in [0.15, 0.2) is 0 Å². The fourth-order valence-electron chi connectivity index (χ4n) is 1.90. The topological polar surface area (TPSA) is 65.1 Å². The summed E-state index contributed by atoms with van der Waals surface area (Å²) in [5, 5.41) is 0. The first-order valence-corrected chi connectivity index (χ1v) is 8.60. The van der Waals surface area contributed by atoms with Crippen molar-refractivity contribution in [3.63, 3.8) is 0 Å². The molecule has 0 saturated carbocycles. The summed E-state index contributed by atoms with van der Waals surface area (Å²) in [6.45, 7) is 3.86. The van der Waals surface area contributed by atoms with Crippen LogP contribution in [0, 0.1) is 0 Å². The smallest absolute Gasteiger partial charge is 0.325 e. The molecule has 1 aromatic carbocycles. The molecule has 0 saturated heterocycles. The standard InChI is InChI=1S/C15H19Br2NO5/c1-4-22-13(19)8-18(9-14(20)23-5-2)15-11(16)6-10(21-3)7-12(15)17/h6-7H,4-5,8-9H2,1-3H3. The lowest BCUT2D eigenvalue weighted by Crippen LogP contribution is -2.36. The highest BCUT2D eigenvalue weighted by Gasteiger charge is 2.22. The average molecular weight is 453 g/mol. The predicted molar refractivity (Wildman–Crippen MR) is 93.9 cm³/mol. The number of rotatable bonds is 8. The molecule has 128 valence electrons. The Morgan fingerprint density at radius 1 is 1.00 bits per heavy atom. The maximum absolute atomic E-state index is 11.8. The Kier molecular flexibility index (Phi) is 8.40. The van der Waals surface area contributed by atoms with Gasteiger partial charge in [0.2, 0.25) is 0 Å². The normalized spacial score (nSPS) is 10.1. The van der Waals surface area contributed by atoms with Gasteiger partial charge in [0.1, 0.15) is 18.8 Å². The second-order valence-corrected chi connectivity index (χ2v) is 6.11. The summed E-state index contributed by atoms with van der Waals surface area (Å²) >= 11 is 6.88. The fraction of sp³-hybridized carbons (Fsp3) is 0.467. The summed E-state index contributed by atoms with van der Waals surface area (Å²) in [4.78, 5) is 25.3. The zero-order chi connectivity index (χ0) is 17.4. The van der Waals surface area contributed by atoms with Gasteiger partial charge in [0, 0.05) is 8.95 Å². The number of halogens is 2. The summed E-state index contributed by atoms with van der Waals surface area (Å²) < 4.78 is 16.5. The second-order valence-electron chi connectivity index (χ2n) is 4.41. The van der Waals surface area contributed by atoms with Gasteiger partial charge in [0.05, 0.1) is 26.0 Å². The molecule has 0 aliphatic rings. The van der Waals surface area contributed by atoms with Gasteiger partial charge in [-0.05, 0) is 57.8 Å². The molecule has 0 aliphatic heterocycles. The monoisotopic (exact) mass is 451 g/mol. The highest BCUT2D eigenvalue weighted by Crippen LogP contribution is 2.38. The Hall–Kier alpha value is -1.28. The first kappa shape index (κ1) is 19.8. The van der Waals surface area contributed by atoms with Crippen LogP contribution in [0.3, 0.4) is 0 Å². The molecule has 0 radical (unpaired) electrons. The molecule has 0 aliphatic carbocycles. The van der Waals surface area contributed by atoms with E-state index in [1.807, 2.05) is 0 Å². The molecule has 1 aromatic rings. The van der Waals surface area contributed by atoms with Crippen LogP contribution in [-0.2, 0) is 19.1 Å². The number of carbonyl (C=O) groups is 2. The van der Waals surface area contributed by atoms with Crippen molar-refractivity contribution in [1.82, 2.24) is 0 Å². The largest absolute Gasteiger partial charge is 0.497 e. The molecule has 0 N–H and O–H groups in total. The van der Waals surface area contributed by atoms with Crippen molar-refractivity contribution in [3.05, 3.63) is 21.1 Å². The summed E-state index contributed by atoms with van der Waals surface area (Å²) in [7, 11) is 1.56. The average Bonchev–Trinajstić information content (AvgIpc) is 2.46. The number of carbonyl (C=O) groups excluding carboxylic acids is 2. The van der Waals surface area contributed by atoms with Crippen molar-refractivity contribution in [2.45, 2.75) is 13.8 Å². The Bertz CT molecular complexity index is 522. The zero-order valence-corrected chi connectivity index (χ0v) is 16.4. The van der Waals surface area contributed by atoms with E-state index < -0.39 is 11.9 Å². The van der Waals surface area contributed by atoms with Gasteiger partial charge in [-0.1, -0.05) is 0 Å². The molecule has 0 heterocycles. The molecule has 23 heavy (non-hydrogen) atoms. The van der Waals surface area contributed by atoms with Crippen LogP contribution in [0.1, 0.15) is 13.8 Å². The maximum atomic E-state index is 11.8. The zero-order valence-electron chi connectivity index (χ0n) is 13.2. The van der Waals surface area contributed by atoms with Crippen molar-refractivity contribution >= 4 is 49.5 Å². The summed E-state index contributed by atoms with van der Waals surface area (Å²) in [6.07, 6.45) is 0. The Morgan fingerprint density at radius 3 is 1.78 bits per heavy atom. The van der Waals surface area contributed by atoms with E-state index in [2.05, 4.69) is 31.9 Å². The number of hydrogen-bond acceptors (Lipinski definition) is 6.